The summed E-state index contributed by atoms with van der Waals surface area (Å²) in [6.07, 6.45) is 0. The number of nitrogens with one attached hydrogen (secondary N) is 1. The number of halogens is 3. The fourth-order valence-electron chi connectivity index (χ4n) is 1.10. The molecule has 1 amide bonds. The van der Waals surface area contributed by atoms with E-state index in [1.54, 1.807) is 6.92 Å². The second-order valence-corrected chi connectivity index (χ2v) is 6.93. The molecule has 0 unspecified atom stereocenters. The Labute approximate surface area is 128 Å². The van der Waals surface area contributed by atoms with Gasteiger partial charge in [-0.15, -0.1) is 11.3 Å². The highest BCUT2D eigenvalue weighted by molar-refractivity contribution is 8.13. The Bertz CT molecular complexity index is 476. The highest BCUT2D eigenvalue weighted by Crippen LogP contribution is 2.40. The van der Waals surface area contributed by atoms with Crippen LogP contribution in [0.1, 0.15) is 23.5 Å². The highest BCUT2D eigenvalue weighted by Gasteiger charge is 2.22. The van der Waals surface area contributed by atoms with Gasteiger partial charge >= 0.3 is 0 Å². The molecule has 1 rings (SSSR count). The molecule has 0 fully saturated rings. The van der Waals surface area contributed by atoms with Crippen LogP contribution in [0.25, 0.3) is 0 Å². The number of hydrogen-bond donors (Lipinski definition) is 1. The molecule has 0 aliphatic heterocycles. The third-order valence-corrected chi connectivity index (χ3v) is 5.45. The molecule has 0 aliphatic carbocycles. The molecule has 0 radical (unpaired) electrons. The van der Waals surface area contributed by atoms with Crippen molar-refractivity contribution in [2.24, 2.45) is 0 Å². The Morgan fingerprint density at radius 3 is 2.39 bits per heavy atom. The SMILES string of the molecule is CCSC(=O)[C@H](C)NC(=O)c1sc(Cl)c(Cl)c1Cl. The topological polar surface area (TPSA) is 46.2 Å². The zero-order chi connectivity index (χ0) is 13.9. The van der Waals surface area contributed by atoms with Crippen LogP contribution in [-0.2, 0) is 4.79 Å². The van der Waals surface area contributed by atoms with Crippen LogP contribution >= 0.6 is 57.9 Å². The summed E-state index contributed by atoms with van der Waals surface area (Å²) in [7, 11) is 0. The van der Waals surface area contributed by atoms with E-state index in [1.165, 1.54) is 0 Å². The lowest BCUT2D eigenvalue weighted by atomic mass is 10.3. The summed E-state index contributed by atoms with van der Waals surface area (Å²) in [5.41, 5.74) is 0. The quantitative estimate of drug-likeness (QED) is 0.892. The fraction of sp³-hybridized carbons (Fsp3) is 0.400. The molecular formula is C10H10Cl3NO2S2. The lowest BCUT2D eigenvalue weighted by molar-refractivity contribution is -0.112. The van der Waals surface area contributed by atoms with Crippen LogP contribution in [0.15, 0.2) is 0 Å². The zero-order valence-corrected chi connectivity index (χ0v) is 13.5. The molecule has 0 spiro atoms. The number of thioether (sulfide) groups is 1. The van der Waals surface area contributed by atoms with E-state index in [0.717, 1.165) is 23.1 Å². The van der Waals surface area contributed by atoms with Gasteiger partial charge in [-0.05, 0) is 12.7 Å². The van der Waals surface area contributed by atoms with Gasteiger partial charge in [0.15, 0.2) is 0 Å². The van der Waals surface area contributed by atoms with Gasteiger partial charge < -0.3 is 5.32 Å². The average molecular weight is 347 g/mol. The van der Waals surface area contributed by atoms with Crippen LogP contribution in [0.5, 0.6) is 0 Å². The maximum absolute atomic E-state index is 11.9. The predicted octanol–water partition coefficient (Wildman–Crippen LogP) is 4.11. The van der Waals surface area contributed by atoms with Crippen molar-refractivity contribution in [3.63, 3.8) is 0 Å². The average Bonchev–Trinajstić information content (AvgIpc) is 2.57. The van der Waals surface area contributed by atoms with E-state index in [1.807, 2.05) is 6.92 Å². The fourth-order valence-corrected chi connectivity index (χ4v) is 3.40. The minimum Gasteiger partial charge on any atom is -0.341 e. The zero-order valence-electron chi connectivity index (χ0n) is 9.55. The van der Waals surface area contributed by atoms with Crippen molar-refractivity contribution in [1.29, 1.82) is 0 Å². The van der Waals surface area contributed by atoms with Crippen molar-refractivity contribution in [2.75, 3.05) is 5.75 Å². The van der Waals surface area contributed by atoms with Crippen molar-refractivity contribution in [2.45, 2.75) is 19.9 Å². The first-order chi connectivity index (χ1) is 8.38. The normalized spacial score (nSPS) is 12.3. The molecule has 0 aromatic carbocycles. The lowest BCUT2D eigenvalue weighted by Crippen LogP contribution is -2.37. The molecule has 0 aliphatic rings. The van der Waals surface area contributed by atoms with Gasteiger partial charge in [0.05, 0.1) is 16.1 Å². The molecule has 0 saturated heterocycles. The number of carbonyl (C=O) groups is 2. The number of carbonyl (C=O) groups excluding carboxylic acids is 2. The first-order valence-electron chi connectivity index (χ1n) is 4.99. The Hall–Kier alpha value is 0.0600. The Kier molecular flexibility index (Phi) is 6.27. The van der Waals surface area contributed by atoms with E-state index in [9.17, 15) is 9.59 Å². The second-order valence-electron chi connectivity index (χ2n) is 3.28. The summed E-state index contributed by atoms with van der Waals surface area (Å²) in [5.74, 6) is 0.215. The molecule has 1 N–H and O–H groups in total. The van der Waals surface area contributed by atoms with E-state index in [0.29, 0.717) is 5.75 Å². The minimum atomic E-state index is -0.585. The summed E-state index contributed by atoms with van der Waals surface area (Å²) in [5, 5.41) is 2.74. The van der Waals surface area contributed by atoms with Crippen LogP contribution < -0.4 is 5.32 Å². The largest absolute Gasteiger partial charge is 0.341 e. The van der Waals surface area contributed by atoms with E-state index < -0.39 is 11.9 Å². The van der Waals surface area contributed by atoms with Crippen LogP contribution in [0.2, 0.25) is 14.4 Å². The van der Waals surface area contributed by atoms with E-state index in [2.05, 4.69) is 5.32 Å². The van der Waals surface area contributed by atoms with Gasteiger partial charge in [-0.1, -0.05) is 53.5 Å². The summed E-state index contributed by atoms with van der Waals surface area (Å²) in [4.78, 5) is 23.6. The van der Waals surface area contributed by atoms with Crippen LogP contribution in [0, 0.1) is 0 Å². The molecule has 1 atom stereocenters. The van der Waals surface area contributed by atoms with E-state index in [-0.39, 0.29) is 24.4 Å². The molecule has 1 heterocycles. The molecule has 0 saturated carbocycles. The number of amides is 1. The van der Waals surface area contributed by atoms with Gasteiger partial charge in [-0.3, -0.25) is 9.59 Å². The Balaban J connectivity index is 2.77. The minimum absolute atomic E-state index is 0.101. The maximum atomic E-state index is 11.9. The predicted molar refractivity (Wildman–Crippen MR) is 79.4 cm³/mol. The summed E-state index contributed by atoms with van der Waals surface area (Å²) in [6, 6.07) is -0.585. The van der Waals surface area contributed by atoms with Gasteiger partial charge in [0.1, 0.15) is 9.21 Å². The summed E-state index contributed by atoms with van der Waals surface area (Å²) < 4.78 is 0.258. The third-order valence-electron chi connectivity index (χ3n) is 1.95. The van der Waals surface area contributed by atoms with Gasteiger partial charge in [-0.25, -0.2) is 0 Å². The van der Waals surface area contributed by atoms with E-state index >= 15 is 0 Å². The molecule has 18 heavy (non-hydrogen) atoms. The van der Waals surface area contributed by atoms with Gasteiger partial charge in [0, 0.05) is 0 Å². The Morgan fingerprint density at radius 1 is 1.33 bits per heavy atom. The van der Waals surface area contributed by atoms with Crippen molar-refractivity contribution < 1.29 is 9.59 Å². The van der Waals surface area contributed by atoms with Crippen LogP contribution in [-0.4, -0.2) is 22.8 Å². The van der Waals surface area contributed by atoms with Gasteiger partial charge in [0.25, 0.3) is 5.91 Å². The van der Waals surface area contributed by atoms with Gasteiger partial charge in [0.2, 0.25) is 5.12 Å². The molecule has 100 valence electrons. The van der Waals surface area contributed by atoms with Crippen molar-refractivity contribution in [1.82, 2.24) is 5.32 Å². The van der Waals surface area contributed by atoms with Crippen molar-refractivity contribution >= 4 is 68.9 Å². The van der Waals surface area contributed by atoms with Gasteiger partial charge in [-0.2, -0.15) is 0 Å². The third kappa shape index (κ3) is 3.78. The molecule has 1 aromatic heterocycles. The standard InChI is InChI=1S/C10H10Cl3NO2S2/c1-3-17-10(16)4(2)14-9(15)7-5(11)6(12)8(13)18-7/h4H,3H2,1-2H3,(H,14,15)/t4-/m0/s1. The number of thiophene rings is 1. The summed E-state index contributed by atoms with van der Waals surface area (Å²) >= 11 is 19.6. The lowest BCUT2D eigenvalue weighted by Gasteiger charge is -2.11. The monoisotopic (exact) mass is 345 g/mol. The number of rotatable bonds is 4. The first-order valence-corrected chi connectivity index (χ1v) is 7.92. The van der Waals surface area contributed by atoms with Crippen molar-refractivity contribution in [3.05, 3.63) is 19.3 Å². The molecule has 0 bridgehead atoms. The second kappa shape index (κ2) is 7.01. The Morgan fingerprint density at radius 2 is 1.94 bits per heavy atom. The van der Waals surface area contributed by atoms with Crippen LogP contribution in [0.4, 0.5) is 0 Å². The highest BCUT2D eigenvalue weighted by atomic mass is 35.5. The number of hydrogen-bond acceptors (Lipinski definition) is 4. The first kappa shape index (κ1) is 16.1. The van der Waals surface area contributed by atoms with E-state index in [4.69, 9.17) is 34.8 Å². The molecule has 8 heteroatoms. The molecular weight excluding hydrogens is 337 g/mol. The smallest absolute Gasteiger partial charge is 0.263 e. The maximum Gasteiger partial charge on any atom is 0.263 e. The van der Waals surface area contributed by atoms with Crippen LogP contribution in [0.3, 0.4) is 0 Å². The molecule has 1 aromatic rings. The summed E-state index contributed by atoms with van der Waals surface area (Å²) in [6.45, 7) is 3.49. The van der Waals surface area contributed by atoms with Crippen molar-refractivity contribution in [3.8, 4) is 0 Å². The molecule has 3 nitrogen and oxygen atoms in total.